The fraction of sp³-hybridized carbons (Fsp3) is 0.263. The highest BCUT2D eigenvalue weighted by Crippen LogP contribution is 2.35. The summed E-state index contributed by atoms with van der Waals surface area (Å²) in [7, 11) is 1.57. The molecule has 2 aromatic rings. The quantitative estimate of drug-likeness (QED) is 0.798. The van der Waals surface area contributed by atoms with Crippen molar-refractivity contribution in [3.05, 3.63) is 53.6 Å². The average molecular weight is 341 g/mol. The van der Waals surface area contributed by atoms with E-state index in [1.807, 2.05) is 29.2 Å². The Bertz CT molecular complexity index is 788. The van der Waals surface area contributed by atoms with Crippen LogP contribution in [0.2, 0.25) is 0 Å². The first-order chi connectivity index (χ1) is 11.6. The largest absolute Gasteiger partial charge is 0.496 e. The molecule has 0 bridgehead atoms. The summed E-state index contributed by atoms with van der Waals surface area (Å²) in [6.07, 6.45) is 0.212. The summed E-state index contributed by atoms with van der Waals surface area (Å²) in [6, 6.07) is 13.2. The van der Waals surface area contributed by atoms with Crippen LogP contribution in [0.15, 0.2) is 47.4 Å². The number of thioether (sulfide) groups is 1. The lowest BCUT2D eigenvalue weighted by Gasteiger charge is -2.29. The molecule has 24 heavy (non-hydrogen) atoms. The Morgan fingerprint density at radius 2 is 2.00 bits per heavy atom. The molecule has 0 aliphatic carbocycles. The van der Waals surface area contributed by atoms with E-state index in [2.05, 4.69) is 0 Å². The minimum Gasteiger partial charge on any atom is -0.496 e. The zero-order valence-electron chi connectivity index (χ0n) is 13.7. The molecule has 4 nitrogen and oxygen atoms in total. The van der Waals surface area contributed by atoms with E-state index in [4.69, 9.17) is 4.74 Å². The maximum atomic E-state index is 12.9. The summed E-state index contributed by atoms with van der Waals surface area (Å²) in [5.74, 6) is 1.51. The van der Waals surface area contributed by atoms with Gasteiger partial charge < -0.3 is 9.64 Å². The second-order valence-electron chi connectivity index (χ2n) is 5.62. The van der Waals surface area contributed by atoms with Crippen molar-refractivity contribution in [2.24, 2.45) is 0 Å². The molecule has 1 amide bonds. The normalized spacial score (nSPS) is 13.3. The third-order valence-corrected chi connectivity index (χ3v) is 5.10. The summed E-state index contributed by atoms with van der Waals surface area (Å²) in [6.45, 7) is 2.21. The van der Waals surface area contributed by atoms with Crippen LogP contribution in [0.25, 0.3) is 0 Å². The topological polar surface area (TPSA) is 46.6 Å². The van der Waals surface area contributed by atoms with Gasteiger partial charge in [-0.3, -0.25) is 9.59 Å². The smallest absolute Gasteiger partial charge is 0.231 e. The third-order valence-electron chi connectivity index (χ3n) is 4.06. The third kappa shape index (κ3) is 3.31. The van der Waals surface area contributed by atoms with E-state index in [1.165, 1.54) is 6.92 Å². The first kappa shape index (κ1) is 16.6. The molecule has 0 atom stereocenters. The van der Waals surface area contributed by atoms with Gasteiger partial charge >= 0.3 is 0 Å². The van der Waals surface area contributed by atoms with Gasteiger partial charge in [-0.05, 0) is 37.3 Å². The van der Waals surface area contributed by atoms with E-state index in [-0.39, 0.29) is 18.1 Å². The molecule has 0 saturated heterocycles. The van der Waals surface area contributed by atoms with Crippen molar-refractivity contribution >= 4 is 29.1 Å². The first-order valence-corrected chi connectivity index (χ1v) is 8.78. The van der Waals surface area contributed by atoms with Crippen molar-refractivity contribution in [3.8, 4) is 5.75 Å². The van der Waals surface area contributed by atoms with Crippen LogP contribution in [0.3, 0.4) is 0 Å². The standard InChI is InChI=1S/C19H19NO3S/c1-13(21)14-7-8-17(23-2)15(11-14)12-19(22)20-9-10-24-18-6-4-3-5-16(18)20/h3-8,11H,9-10,12H2,1-2H3. The minimum absolute atomic E-state index is 0.0155. The van der Waals surface area contributed by atoms with Crippen LogP contribution in [0, 0.1) is 0 Å². The van der Waals surface area contributed by atoms with Crippen LogP contribution in [0.1, 0.15) is 22.8 Å². The average Bonchev–Trinajstić information content (AvgIpc) is 2.61. The van der Waals surface area contributed by atoms with Crippen LogP contribution >= 0.6 is 11.8 Å². The second kappa shape index (κ2) is 7.09. The molecule has 124 valence electrons. The van der Waals surface area contributed by atoms with Gasteiger partial charge in [0.1, 0.15) is 5.75 Å². The van der Waals surface area contributed by atoms with Crippen molar-refractivity contribution in [1.29, 1.82) is 0 Å². The molecule has 3 rings (SSSR count). The Morgan fingerprint density at radius 3 is 2.75 bits per heavy atom. The zero-order chi connectivity index (χ0) is 17.1. The molecule has 0 fully saturated rings. The van der Waals surface area contributed by atoms with E-state index in [1.54, 1.807) is 37.1 Å². The number of Topliss-reactive ketones (excluding diaryl/α,β-unsaturated/α-hetero) is 1. The van der Waals surface area contributed by atoms with E-state index in [0.717, 1.165) is 21.9 Å². The molecule has 1 aliphatic heterocycles. The van der Waals surface area contributed by atoms with Crippen LogP contribution in [-0.4, -0.2) is 31.1 Å². The predicted octanol–water partition coefficient (Wildman–Crippen LogP) is 3.58. The Kier molecular flexibility index (Phi) is 4.90. The van der Waals surface area contributed by atoms with Crippen molar-refractivity contribution in [2.45, 2.75) is 18.2 Å². The summed E-state index contributed by atoms with van der Waals surface area (Å²) in [5, 5.41) is 0. The van der Waals surface area contributed by atoms with Crippen LogP contribution in [-0.2, 0) is 11.2 Å². The number of ketones is 1. The number of hydrogen-bond donors (Lipinski definition) is 0. The number of para-hydroxylation sites is 1. The molecule has 0 aromatic heterocycles. The number of ether oxygens (including phenoxy) is 1. The number of methoxy groups -OCH3 is 1. The van der Waals surface area contributed by atoms with Gasteiger partial charge in [0.2, 0.25) is 5.91 Å². The number of carbonyl (C=O) groups excluding carboxylic acids is 2. The van der Waals surface area contributed by atoms with E-state index >= 15 is 0 Å². The molecular weight excluding hydrogens is 322 g/mol. The number of nitrogens with zero attached hydrogens (tertiary/aromatic N) is 1. The van der Waals surface area contributed by atoms with Gasteiger partial charge in [-0.15, -0.1) is 11.8 Å². The number of carbonyl (C=O) groups is 2. The fourth-order valence-corrected chi connectivity index (χ4v) is 3.82. The lowest BCUT2D eigenvalue weighted by molar-refractivity contribution is -0.118. The van der Waals surface area contributed by atoms with Crippen molar-refractivity contribution < 1.29 is 14.3 Å². The number of rotatable bonds is 4. The van der Waals surface area contributed by atoms with Crippen molar-refractivity contribution in [1.82, 2.24) is 0 Å². The molecular formula is C19H19NO3S. The maximum absolute atomic E-state index is 12.9. The Balaban J connectivity index is 1.88. The second-order valence-corrected chi connectivity index (χ2v) is 6.76. The number of fused-ring (bicyclic) bond motifs is 1. The van der Waals surface area contributed by atoms with E-state index in [0.29, 0.717) is 17.9 Å². The SMILES string of the molecule is COc1ccc(C(C)=O)cc1CC(=O)N1CCSc2ccccc21. The Hall–Kier alpha value is -2.27. The van der Waals surface area contributed by atoms with Crippen molar-refractivity contribution in [2.75, 3.05) is 24.3 Å². The zero-order valence-corrected chi connectivity index (χ0v) is 14.6. The van der Waals surface area contributed by atoms with E-state index in [9.17, 15) is 9.59 Å². The molecule has 2 aromatic carbocycles. The van der Waals surface area contributed by atoms with Gasteiger partial charge in [0.05, 0.1) is 19.2 Å². The number of amides is 1. The molecule has 0 spiro atoms. The molecule has 0 unspecified atom stereocenters. The predicted molar refractivity (Wildman–Crippen MR) is 96.2 cm³/mol. The summed E-state index contributed by atoms with van der Waals surface area (Å²) < 4.78 is 5.35. The highest BCUT2D eigenvalue weighted by atomic mass is 32.2. The monoisotopic (exact) mass is 341 g/mol. The molecule has 1 aliphatic rings. The van der Waals surface area contributed by atoms with Gasteiger partial charge in [0.15, 0.2) is 5.78 Å². The highest BCUT2D eigenvalue weighted by Gasteiger charge is 2.23. The fourth-order valence-electron chi connectivity index (χ4n) is 2.82. The Labute approximate surface area is 145 Å². The molecule has 0 N–H and O–H groups in total. The Morgan fingerprint density at radius 1 is 1.21 bits per heavy atom. The first-order valence-electron chi connectivity index (χ1n) is 7.80. The highest BCUT2D eigenvalue weighted by molar-refractivity contribution is 7.99. The lowest BCUT2D eigenvalue weighted by Crippen LogP contribution is -2.36. The number of hydrogen-bond acceptors (Lipinski definition) is 4. The number of benzene rings is 2. The van der Waals surface area contributed by atoms with Crippen LogP contribution in [0.5, 0.6) is 5.75 Å². The van der Waals surface area contributed by atoms with Gasteiger partial charge in [-0.25, -0.2) is 0 Å². The van der Waals surface area contributed by atoms with Crippen LogP contribution < -0.4 is 9.64 Å². The minimum atomic E-state index is -0.0222. The number of anilines is 1. The summed E-state index contributed by atoms with van der Waals surface area (Å²) in [5.41, 5.74) is 2.29. The van der Waals surface area contributed by atoms with Gasteiger partial charge in [-0.1, -0.05) is 12.1 Å². The maximum Gasteiger partial charge on any atom is 0.231 e. The van der Waals surface area contributed by atoms with Crippen molar-refractivity contribution in [3.63, 3.8) is 0 Å². The molecule has 0 saturated carbocycles. The summed E-state index contributed by atoms with van der Waals surface area (Å²) in [4.78, 5) is 27.4. The summed E-state index contributed by atoms with van der Waals surface area (Å²) >= 11 is 1.77. The van der Waals surface area contributed by atoms with Gasteiger partial charge in [-0.2, -0.15) is 0 Å². The van der Waals surface area contributed by atoms with Gasteiger partial charge in [0.25, 0.3) is 0 Å². The van der Waals surface area contributed by atoms with Gasteiger partial charge in [0, 0.05) is 28.3 Å². The van der Waals surface area contributed by atoms with E-state index < -0.39 is 0 Å². The molecule has 5 heteroatoms. The molecule has 1 heterocycles. The molecule has 0 radical (unpaired) electrons. The lowest BCUT2D eigenvalue weighted by atomic mass is 10.0. The van der Waals surface area contributed by atoms with Crippen LogP contribution in [0.4, 0.5) is 5.69 Å².